The third kappa shape index (κ3) is 3.61. The van der Waals surface area contributed by atoms with Gasteiger partial charge in [-0.1, -0.05) is 35.5 Å². The molecule has 0 saturated carbocycles. The van der Waals surface area contributed by atoms with E-state index in [1.807, 2.05) is 24.3 Å². The molecule has 0 radical (unpaired) electrons. The summed E-state index contributed by atoms with van der Waals surface area (Å²) in [4.78, 5) is 33.2. The van der Waals surface area contributed by atoms with Crippen molar-refractivity contribution in [2.45, 2.75) is 13.0 Å². The molecule has 0 bridgehead atoms. The zero-order valence-corrected chi connectivity index (χ0v) is 16.9. The van der Waals surface area contributed by atoms with Gasteiger partial charge in [0, 0.05) is 32.7 Å². The molecule has 0 atom stereocenters. The number of benzene rings is 2. The lowest BCUT2D eigenvalue weighted by molar-refractivity contribution is -0.133. The van der Waals surface area contributed by atoms with E-state index in [1.165, 1.54) is 10.5 Å². The van der Waals surface area contributed by atoms with Gasteiger partial charge in [-0.15, -0.1) is 0 Å². The maximum atomic E-state index is 12.6. The van der Waals surface area contributed by atoms with Crippen LogP contribution < -0.4 is 5.32 Å². The summed E-state index contributed by atoms with van der Waals surface area (Å²) in [5.74, 6) is -0.525. The number of hydrogen-bond donors (Lipinski definition) is 1. The van der Waals surface area contributed by atoms with Gasteiger partial charge in [0.05, 0.1) is 5.69 Å². The summed E-state index contributed by atoms with van der Waals surface area (Å²) in [6.45, 7) is 1.51. The van der Waals surface area contributed by atoms with Crippen molar-refractivity contribution in [2.75, 3.05) is 39.6 Å². The number of fused-ring (bicyclic) bond motifs is 3. The van der Waals surface area contributed by atoms with Crippen molar-refractivity contribution >= 4 is 23.2 Å². The van der Waals surface area contributed by atoms with Crippen molar-refractivity contribution in [3.63, 3.8) is 0 Å². The normalized spacial score (nSPS) is 16.9. The maximum Gasteiger partial charge on any atom is 0.278 e. The highest BCUT2D eigenvalue weighted by atomic mass is 16.6. The predicted molar refractivity (Wildman–Crippen MR) is 112 cm³/mol. The van der Waals surface area contributed by atoms with Crippen LogP contribution in [0.2, 0.25) is 0 Å². The SMILES string of the molecule is CN1CCc2c(-c3ccccc3)cc3c(c2C1)NC(=O)C3=NOCC(=O)N(C)C. The lowest BCUT2D eigenvalue weighted by Crippen LogP contribution is -2.27. The van der Waals surface area contributed by atoms with Crippen molar-refractivity contribution in [2.24, 2.45) is 5.16 Å². The number of amides is 2. The minimum Gasteiger partial charge on any atom is -0.385 e. The van der Waals surface area contributed by atoms with E-state index in [-0.39, 0.29) is 24.1 Å². The van der Waals surface area contributed by atoms with Crippen LogP contribution in [-0.4, -0.2) is 61.6 Å². The van der Waals surface area contributed by atoms with Gasteiger partial charge in [-0.05, 0) is 41.8 Å². The van der Waals surface area contributed by atoms with Gasteiger partial charge in [0.2, 0.25) is 0 Å². The molecule has 150 valence electrons. The zero-order valence-electron chi connectivity index (χ0n) is 16.9. The lowest BCUT2D eigenvalue weighted by Gasteiger charge is -2.29. The first kappa shape index (κ1) is 19.1. The molecule has 2 amide bonds. The van der Waals surface area contributed by atoms with Gasteiger partial charge < -0.3 is 20.0 Å². The molecule has 7 nitrogen and oxygen atoms in total. The highest BCUT2D eigenvalue weighted by Crippen LogP contribution is 2.39. The van der Waals surface area contributed by atoms with Gasteiger partial charge in [-0.2, -0.15) is 0 Å². The second-order valence-electron chi connectivity index (χ2n) is 7.61. The van der Waals surface area contributed by atoms with Crippen molar-refractivity contribution in [1.29, 1.82) is 0 Å². The van der Waals surface area contributed by atoms with E-state index in [9.17, 15) is 9.59 Å². The molecular weight excluding hydrogens is 368 g/mol. The Kier molecular flexibility index (Phi) is 5.07. The Morgan fingerprint density at radius 2 is 1.97 bits per heavy atom. The van der Waals surface area contributed by atoms with Crippen LogP contribution in [0.4, 0.5) is 5.69 Å². The summed E-state index contributed by atoms with van der Waals surface area (Å²) in [5, 5.41) is 6.98. The summed E-state index contributed by atoms with van der Waals surface area (Å²) in [6.07, 6.45) is 0.916. The lowest BCUT2D eigenvalue weighted by atomic mass is 9.87. The monoisotopic (exact) mass is 392 g/mol. The van der Waals surface area contributed by atoms with Gasteiger partial charge >= 0.3 is 0 Å². The van der Waals surface area contributed by atoms with Crippen LogP contribution in [0.5, 0.6) is 0 Å². The number of anilines is 1. The Balaban J connectivity index is 1.78. The number of nitrogens with one attached hydrogen (secondary N) is 1. The largest absolute Gasteiger partial charge is 0.385 e. The van der Waals surface area contributed by atoms with E-state index in [1.54, 1.807) is 14.1 Å². The quantitative estimate of drug-likeness (QED) is 0.809. The topological polar surface area (TPSA) is 74.2 Å². The first-order chi connectivity index (χ1) is 14.0. The highest BCUT2D eigenvalue weighted by molar-refractivity contribution is 6.54. The molecule has 2 aromatic carbocycles. The fourth-order valence-corrected chi connectivity index (χ4v) is 3.76. The number of carbonyl (C=O) groups is 2. The molecule has 7 heteroatoms. The molecule has 2 aliphatic heterocycles. The van der Waals surface area contributed by atoms with Gasteiger partial charge in [0.15, 0.2) is 12.3 Å². The first-order valence-electron chi connectivity index (χ1n) is 9.60. The number of likely N-dealkylation sites (N-methyl/N-ethyl adjacent to an activating group) is 2. The smallest absolute Gasteiger partial charge is 0.278 e. The van der Waals surface area contributed by atoms with Crippen molar-refractivity contribution in [3.8, 4) is 11.1 Å². The standard InChI is InChI=1S/C22H24N4O3/c1-25(2)19(27)13-29-24-21-17-11-16(14-7-5-4-6-8-14)15-9-10-26(3)12-18(15)20(17)23-22(21)28/h4-8,11H,9-10,12-13H2,1-3H3,(H,23,24,28). The molecule has 0 aromatic heterocycles. The minimum atomic E-state index is -0.307. The van der Waals surface area contributed by atoms with Crippen LogP contribution in [0.25, 0.3) is 11.1 Å². The predicted octanol–water partition coefficient (Wildman–Crippen LogP) is 2.10. The molecule has 0 unspecified atom stereocenters. The molecule has 2 aliphatic rings. The Labute approximate surface area is 169 Å². The highest BCUT2D eigenvalue weighted by Gasteiger charge is 2.33. The summed E-state index contributed by atoms with van der Waals surface area (Å²) >= 11 is 0. The van der Waals surface area contributed by atoms with Crippen LogP contribution in [0.15, 0.2) is 41.6 Å². The number of hydrogen-bond acceptors (Lipinski definition) is 5. The third-order valence-corrected chi connectivity index (χ3v) is 5.36. The number of rotatable bonds is 4. The molecule has 0 fully saturated rings. The summed E-state index contributed by atoms with van der Waals surface area (Å²) in [5.41, 5.74) is 6.34. The van der Waals surface area contributed by atoms with E-state index < -0.39 is 0 Å². The van der Waals surface area contributed by atoms with Crippen LogP contribution in [0.3, 0.4) is 0 Å². The number of carbonyl (C=O) groups excluding carboxylic acids is 2. The molecule has 0 aliphatic carbocycles. The number of oxime groups is 1. The van der Waals surface area contributed by atoms with Gasteiger partial charge in [0.1, 0.15) is 0 Å². The van der Waals surface area contributed by atoms with Crippen LogP contribution in [0, 0.1) is 0 Å². The van der Waals surface area contributed by atoms with E-state index >= 15 is 0 Å². The molecule has 2 aromatic rings. The second kappa shape index (κ2) is 7.67. The Morgan fingerprint density at radius 1 is 1.21 bits per heavy atom. The van der Waals surface area contributed by atoms with E-state index in [4.69, 9.17) is 4.84 Å². The van der Waals surface area contributed by atoms with Crippen molar-refractivity contribution < 1.29 is 14.4 Å². The first-order valence-corrected chi connectivity index (χ1v) is 9.60. The summed E-state index contributed by atoms with van der Waals surface area (Å²) in [6, 6.07) is 12.2. The maximum absolute atomic E-state index is 12.6. The average molecular weight is 392 g/mol. The Bertz CT molecular complexity index is 999. The summed E-state index contributed by atoms with van der Waals surface area (Å²) < 4.78 is 0. The molecule has 1 N–H and O–H groups in total. The molecule has 0 saturated heterocycles. The fourth-order valence-electron chi connectivity index (χ4n) is 3.76. The van der Waals surface area contributed by atoms with E-state index in [0.29, 0.717) is 0 Å². The average Bonchev–Trinajstić information content (AvgIpc) is 3.03. The Morgan fingerprint density at radius 3 is 2.69 bits per heavy atom. The molecule has 29 heavy (non-hydrogen) atoms. The number of nitrogens with zero attached hydrogens (tertiary/aromatic N) is 3. The van der Waals surface area contributed by atoms with Gasteiger partial charge in [-0.25, -0.2) is 0 Å². The molecule has 4 rings (SSSR count). The zero-order chi connectivity index (χ0) is 20.5. The molecule has 2 heterocycles. The van der Waals surface area contributed by atoms with Crippen molar-refractivity contribution in [1.82, 2.24) is 9.80 Å². The fraction of sp³-hybridized carbons (Fsp3) is 0.318. The molecular formula is C22H24N4O3. The summed E-state index contributed by atoms with van der Waals surface area (Å²) in [7, 11) is 5.36. The molecule has 0 spiro atoms. The van der Waals surface area contributed by atoms with Crippen LogP contribution >= 0.6 is 0 Å². The van der Waals surface area contributed by atoms with Gasteiger partial charge in [0.25, 0.3) is 11.8 Å². The van der Waals surface area contributed by atoms with E-state index in [2.05, 4.69) is 34.6 Å². The van der Waals surface area contributed by atoms with Crippen molar-refractivity contribution in [3.05, 3.63) is 53.1 Å². The van der Waals surface area contributed by atoms with Gasteiger partial charge in [-0.3, -0.25) is 9.59 Å². The minimum absolute atomic E-state index is 0.208. The van der Waals surface area contributed by atoms with Crippen LogP contribution in [0.1, 0.15) is 16.7 Å². The second-order valence-corrected chi connectivity index (χ2v) is 7.61. The van der Waals surface area contributed by atoms with Crippen LogP contribution in [-0.2, 0) is 27.4 Å². The van der Waals surface area contributed by atoms with E-state index in [0.717, 1.165) is 47.5 Å². The third-order valence-electron chi connectivity index (χ3n) is 5.36. The Hall–Kier alpha value is -3.19.